The second kappa shape index (κ2) is 11.3. The maximum atomic E-state index is 6.69. The fourth-order valence-corrected chi connectivity index (χ4v) is 9.75. The number of anilines is 3. The summed E-state index contributed by atoms with van der Waals surface area (Å²) in [6.07, 6.45) is 0. The molecule has 0 N–H and O–H groups in total. The fraction of sp³-hybridized carbons (Fsp3) is 0. The minimum atomic E-state index is 0.866. The first kappa shape index (κ1) is 29.7. The van der Waals surface area contributed by atoms with E-state index in [0.29, 0.717) is 0 Å². The average Bonchev–Trinajstić information content (AvgIpc) is 3.93. The van der Waals surface area contributed by atoms with Gasteiger partial charge in [-0.25, -0.2) is 0 Å². The second-order valence-corrected chi connectivity index (χ2v) is 15.1. The van der Waals surface area contributed by atoms with Crippen molar-refractivity contribution in [2.45, 2.75) is 0 Å². The van der Waals surface area contributed by atoms with Crippen molar-refractivity contribution >= 4 is 114 Å². The number of para-hydroxylation sites is 2. The molecule has 3 nitrogen and oxygen atoms in total. The van der Waals surface area contributed by atoms with Gasteiger partial charge in [0, 0.05) is 48.1 Å². The van der Waals surface area contributed by atoms with Crippen LogP contribution in [0.5, 0.6) is 0 Å². The third-order valence-corrected chi connectivity index (χ3v) is 12.2. The van der Waals surface area contributed by atoms with Gasteiger partial charge in [-0.3, -0.25) is 0 Å². The summed E-state index contributed by atoms with van der Waals surface area (Å²) in [6, 6.07) is 62.9. The summed E-state index contributed by atoms with van der Waals surface area (Å²) in [5.74, 6) is 0. The highest BCUT2D eigenvalue weighted by Crippen LogP contribution is 2.50. The summed E-state index contributed by atoms with van der Waals surface area (Å²) in [5, 5.41) is 11.8. The average molecular weight is 708 g/mol. The molecule has 12 rings (SSSR count). The van der Waals surface area contributed by atoms with Crippen molar-refractivity contribution in [2.75, 3.05) is 4.90 Å². The summed E-state index contributed by atoms with van der Waals surface area (Å²) in [5.41, 5.74) is 9.13. The van der Waals surface area contributed by atoms with Crippen molar-refractivity contribution in [3.63, 3.8) is 0 Å². The topological polar surface area (TPSA) is 29.5 Å². The Hall–Kier alpha value is -6.88. The zero-order valence-corrected chi connectivity index (χ0v) is 29.7. The molecule has 0 aliphatic carbocycles. The van der Waals surface area contributed by atoms with Gasteiger partial charge in [0.15, 0.2) is 5.58 Å². The van der Waals surface area contributed by atoms with Crippen LogP contribution < -0.4 is 4.90 Å². The van der Waals surface area contributed by atoms with Crippen molar-refractivity contribution in [2.24, 2.45) is 0 Å². The quantitative estimate of drug-likeness (QED) is 0.182. The predicted octanol–water partition coefficient (Wildman–Crippen LogP) is 15.3. The SMILES string of the molecule is c1ccc2cc(-c3ccc(N(c4cccc5c4oc4ccccc45)c4cccc5c4sc4ccc6oc7c8ccccc8ccc7c6c45)cc3)ccc2c1. The monoisotopic (exact) mass is 707 g/mol. The van der Waals surface area contributed by atoms with Crippen molar-refractivity contribution in [3.8, 4) is 11.1 Å². The van der Waals surface area contributed by atoms with Gasteiger partial charge >= 0.3 is 0 Å². The molecule has 0 saturated carbocycles. The molecule has 0 atom stereocenters. The van der Waals surface area contributed by atoms with Gasteiger partial charge in [-0.05, 0) is 81.9 Å². The molecular formula is C50H29NO2S. The van der Waals surface area contributed by atoms with E-state index in [4.69, 9.17) is 8.83 Å². The van der Waals surface area contributed by atoms with Crippen LogP contribution in [0.1, 0.15) is 0 Å². The Morgan fingerprint density at radius 3 is 1.96 bits per heavy atom. The van der Waals surface area contributed by atoms with Crippen molar-refractivity contribution in [3.05, 3.63) is 176 Å². The molecule has 252 valence electrons. The van der Waals surface area contributed by atoms with E-state index in [1.165, 1.54) is 52.8 Å². The third kappa shape index (κ3) is 4.29. The van der Waals surface area contributed by atoms with Crippen LogP contribution in [0.25, 0.3) is 96.7 Å². The van der Waals surface area contributed by atoms with Crippen molar-refractivity contribution in [1.29, 1.82) is 0 Å². The molecule has 54 heavy (non-hydrogen) atoms. The molecule has 0 aliphatic rings. The maximum Gasteiger partial charge on any atom is 0.159 e. The molecule has 0 amide bonds. The van der Waals surface area contributed by atoms with E-state index in [1.807, 2.05) is 17.4 Å². The van der Waals surface area contributed by atoms with E-state index in [-0.39, 0.29) is 0 Å². The van der Waals surface area contributed by atoms with E-state index >= 15 is 0 Å². The molecule has 4 heteroatoms. The highest BCUT2D eigenvalue weighted by Gasteiger charge is 2.24. The molecule has 0 unspecified atom stereocenters. The molecule has 12 aromatic rings. The summed E-state index contributed by atoms with van der Waals surface area (Å²) < 4.78 is 15.8. The summed E-state index contributed by atoms with van der Waals surface area (Å²) >= 11 is 1.83. The van der Waals surface area contributed by atoms with Crippen LogP contribution in [-0.4, -0.2) is 0 Å². The number of nitrogens with zero attached hydrogens (tertiary/aromatic N) is 1. The normalized spacial score (nSPS) is 12.1. The largest absolute Gasteiger partial charge is 0.455 e. The lowest BCUT2D eigenvalue weighted by Gasteiger charge is -2.26. The number of furan rings is 2. The zero-order valence-electron chi connectivity index (χ0n) is 28.9. The Labute approximate surface area is 313 Å². The number of thiophene rings is 1. The fourth-order valence-electron chi connectivity index (χ4n) is 8.53. The third-order valence-electron chi connectivity index (χ3n) is 11.0. The molecule has 9 aromatic carbocycles. The van der Waals surface area contributed by atoms with Gasteiger partial charge in [-0.15, -0.1) is 11.3 Å². The predicted molar refractivity (Wildman–Crippen MR) is 229 cm³/mol. The molecule has 0 fully saturated rings. The Bertz CT molecular complexity index is 3460. The highest BCUT2D eigenvalue weighted by atomic mass is 32.1. The second-order valence-electron chi connectivity index (χ2n) is 14.0. The van der Waals surface area contributed by atoms with Crippen LogP contribution in [0.3, 0.4) is 0 Å². The smallest absolute Gasteiger partial charge is 0.159 e. The van der Waals surface area contributed by atoms with Gasteiger partial charge < -0.3 is 13.7 Å². The molecule has 3 heterocycles. The lowest BCUT2D eigenvalue weighted by atomic mass is 10.0. The molecular weight excluding hydrogens is 679 g/mol. The number of hydrogen-bond donors (Lipinski definition) is 0. The first-order valence-electron chi connectivity index (χ1n) is 18.2. The van der Waals surface area contributed by atoms with E-state index in [1.54, 1.807) is 0 Å². The molecule has 0 aliphatic heterocycles. The number of rotatable bonds is 4. The molecule has 0 radical (unpaired) electrons. The molecule has 0 spiro atoms. The van der Waals surface area contributed by atoms with Gasteiger partial charge in [-0.1, -0.05) is 121 Å². The van der Waals surface area contributed by atoms with Gasteiger partial charge in [-0.2, -0.15) is 0 Å². The van der Waals surface area contributed by atoms with Crippen molar-refractivity contribution < 1.29 is 8.83 Å². The highest BCUT2D eigenvalue weighted by molar-refractivity contribution is 7.26. The Morgan fingerprint density at radius 2 is 1.07 bits per heavy atom. The van der Waals surface area contributed by atoms with Crippen LogP contribution in [-0.2, 0) is 0 Å². The number of benzene rings is 9. The minimum absolute atomic E-state index is 0.866. The first-order valence-corrected chi connectivity index (χ1v) is 19.1. The maximum absolute atomic E-state index is 6.69. The van der Waals surface area contributed by atoms with Crippen LogP contribution in [0.4, 0.5) is 17.1 Å². The van der Waals surface area contributed by atoms with Gasteiger partial charge in [0.2, 0.25) is 0 Å². The lowest BCUT2D eigenvalue weighted by Crippen LogP contribution is -2.10. The van der Waals surface area contributed by atoms with Gasteiger partial charge in [0.05, 0.1) is 16.1 Å². The van der Waals surface area contributed by atoms with E-state index in [2.05, 4.69) is 175 Å². The molecule has 0 bridgehead atoms. The number of fused-ring (bicyclic) bond motifs is 13. The molecule has 3 aromatic heterocycles. The van der Waals surface area contributed by atoms with E-state index < -0.39 is 0 Å². The standard InChI is InChI=1S/C50H29NO2S/c1-2-11-33-29-34(20-19-30(33)9-1)31-21-24-35(25-22-31)51(41-16-7-14-38-37-13-5-6-18-43(37)52-49(38)41)42-17-8-15-40-47-45(54-50(40)42)28-27-44-46(47)39-26-23-32-10-3-4-12-36(32)48(39)53-44/h1-29H. The van der Waals surface area contributed by atoms with Crippen LogP contribution >= 0.6 is 11.3 Å². The van der Waals surface area contributed by atoms with Crippen LogP contribution in [0, 0.1) is 0 Å². The van der Waals surface area contributed by atoms with E-state index in [9.17, 15) is 0 Å². The lowest BCUT2D eigenvalue weighted by molar-refractivity contribution is 0.669. The summed E-state index contributed by atoms with van der Waals surface area (Å²) in [7, 11) is 0. The Balaban J connectivity index is 1.11. The first-order chi connectivity index (χ1) is 26.8. The van der Waals surface area contributed by atoms with Crippen molar-refractivity contribution in [1.82, 2.24) is 0 Å². The van der Waals surface area contributed by atoms with Gasteiger partial charge in [0.1, 0.15) is 16.7 Å². The molecule has 0 saturated heterocycles. The van der Waals surface area contributed by atoms with Gasteiger partial charge in [0.25, 0.3) is 0 Å². The summed E-state index contributed by atoms with van der Waals surface area (Å²) in [6.45, 7) is 0. The summed E-state index contributed by atoms with van der Waals surface area (Å²) in [4.78, 5) is 2.38. The van der Waals surface area contributed by atoms with E-state index in [0.717, 1.165) is 60.9 Å². The van der Waals surface area contributed by atoms with Crippen LogP contribution in [0.15, 0.2) is 185 Å². The number of hydrogen-bond acceptors (Lipinski definition) is 4. The van der Waals surface area contributed by atoms with Crippen LogP contribution in [0.2, 0.25) is 0 Å². The Morgan fingerprint density at radius 1 is 0.389 bits per heavy atom. The minimum Gasteiger partial charge on any atom is -0.455 e. The zero-order chi connectivity index (χ0) is 35.3. The Kier molecular flexibility index (Phi) is 6.21.